The number of nitrogens with one attached hydrogen (secondary N) is 1. The lowest BCUT2D eigenvalue weighted by atomic mass is 10.0. The predicted molar refractivity (Wildman–Crippen MR) is 34.8 cm³/mol. The van der Waals surface area contributed by atoms with E-state index in [-0.39, 0.29) is 12.1 Å². The molecule has 0 aliphatic rings. The van der Waals surface area contributed by atoms with Crippen LogP contribution in [0.4, 0.5) is 0 Å². The van der Waals surface area contributed by atoms with Crippen LogP contribution in [0.1, 0.15) is 20.3 Å². The van der Waals surface area contributed by atoms with Crippen molar-refractivity contribution in [3.63, 3.8) is 0 Å². The van der Waals surface area contributed by atoms with Gasteiger partial charge in [0.15, 0.2) is 0 Å². The minimum absolute atomic E-state index is 0.0694. The number of aliphatic hydroxyl groups is 1. The molecule has 2 heteroatoms. The molecule has 0 unspecified atom stereocenters. The van der Waals surface area contributed by atoms with E-state index in [9.17, 15) is 0 Å². The van der Waals surface area contributed by atoms with E-state index < -0.39 is 0 Å². The van der Waals surface area contributed by atoms with Crippen molar-refractivity contribution >= 4 is 0 Å². The van der Waals surface area contributed by atoms with Crippen LogP contribution < -0.4 is 5.32 Å². The number of hydrogen-bond acceptors (Lipinski definition) is 2. The van der Waals surface area contributed by atoms with Crippen LogP contribution in [-0.2, 0) is 0 Å². The lowest BCUT2D eigenvalue weighted by Crippen LogP contribution is -2.42. The third-order valence-electron chi connectivity index (χ3n) is 1.73. The van der Waals surface area contributed by atoms with E-state index >= 15 is 0 Å². The lowest BCUT2D eigenvalue weighted by Gasteiger charge is -2.24. The summed E-state index contributed by atoms with van der Waals surface area (Å²) < 4.78 is 0. The highest BCUT2D eigenvalue weighted by Gasteiger charge is 2.16. The van der Waals surface area contributed by atoms with Gasteiger partial charge in [-0.1, -0.05) is 6.92 Å². The second kappa shape index (κ2) is 3.05. The highest BCUT2D eigenvalue weighted by Crippen LogP contribution is 2.04. The molecular formula is C6H15NO. The largest absolute Gasteiger partial charge is 0.394 e. The van der Waals surface area contributed by atoms with Crippen LogP contribution in [0.25, 0.3) is 0 Å². The van der Waals surface area contributed by atoms with E-state index in [4.69, 9.17) is 5.11 Å². The molecule has 0 heterocycles. The van der Waals surface area contributed by atoms with E-state index in [2.05, 4.69) is 5.32 Å². The molecule has 0 spiro atoms. The third kappa shape index (κ3) is 1.80. The molecule has 8 heavy (non-hydrogen) atoms. The molecule has 0 aromatic carbocycles. The van der Waals surface area contributed by atoms with Crippen LogP contribution in [0.15, 0.2) is 0 Å². The zero-order valence-electron chi connectivity index (χ0n) is 5.86. The van der Waals surface area contributed by atoms with Gasteiger partial charge in [0.2, 0.25) is 0 Å². The Morgan fingerprint density at radius 2 is 2.12 bits per heavy atom. The summed E-state index contributed by atoms with van der Waals surface area (Å²) in [7, 11) is 1.86. The zero-order valence-corrected chi connectivity index (χ0v) is 5.86. The average Bonchev–Trinajstić information content (AvgIpc) is 1.87. The Labute approximate surface area is 50.9 Å². The Bertz CT molecular complexity index is 51.3. The molecule has 0 saturated carbocycles. The Morgan fingerprint density at radius 3 is 2.12 bits per heavy atom. The summed E-state index contributed by atoms with van der Waals surface area (Å²) in [6.07, 6.45) is 0.958. The standard InChI is InChI=1S/C6H15NO/c1-4-6(2,5-8)7-3/h7-8H,4-5H2,1-3H3/t6-/m1/s1. The van der Waals surface area contributed by atoms with Crippen LogP contribution in [-0.4, -0.2) is 24.3 Å². The van der Waals surface area contributed by atoms with Crippen LogP contribution in [0, 0.1) is 0 Å². The van der Waals surface area contributed by atoms with E-state index in [1.807, 2.05) is 20.9 Å². The summed E-state index contributed by atoms with van der Waals surface area (Å²) in [5.74, 6) is 0. The number of rotatable bonds is 3. The zero-order chi connectivity index (χ0) is 6.62. The molecule has 50 valence electrons. The van der Waals surface area contributed by atoms with Crippen molar-refractivity contribution in [1.82, 2.24) is 5.32 Å². The van der Waals surface area contributed by atoms with Crippen molar-refractivity contribution in [2.24, 2.45) is 0 Å². The maximum Gasteiger partial charge on any atom is 0.0610 e. The van der Waals surface area contributed by atoms with Crippen molar-refractivity contribution < 1.29 is 5.11 Å². The molecule has 0 aliphatic carbocycles. The second-order valence-corrected chi connectivity index (χ2v) is 2.32. The second-order valence-electron chi connectivity index (χ2n) is 2.32. The van der Waals surface area contributed by atoms with E-state index in [1.165, 1.54) is 0 Å². The topological polar surface area (TPSA) is 32.3 Å². The Morgan fingerprint density at radius 1 is 1.62 bits per heavy atom. The van der Waals surface area contributed by atoms with Crippen molar-refractivity contribution in [2.75, 3.05) is 13.7 Å². The summed E-state index contributed by atoms with van der Waals surface area (Å²) in [5, 5.41) is 11.8. The first kappa shape index (κ1) is 7.92. The Balaban J connectivity index is 3.58. The monoisotopic (exact) mass is 117 g/mol. The van der Waals surface area contributed by atoms with Crippen LogP contribution in [0.2, 0.25) is 0 Å². The molecule has 0 amide bonds. The fourth-order valence-electron chi connectivity index (χ4n) is 0.368. The maximum absolute atomic E-state index is 8.72. The van der Waals surface area contributed by atoms with Crippen molar-refractivity contribution in [3.05, 3.63) is 0 Å². The highest BCUT2D eigenvalue weighted by molar-refractivity contribution is 4.77. The van der Waals surface area contributed by atoms with Gasteiger partial charge in [-0.3, -0.25) is 0 Å². The van der Waals surface area contributed by atoms with Crippen molar-refractivity contribution in [2.45, 2.75) is 25.8 Å². The van der Waals surface area contributed by atoms with Crippen molar-refractivity contribution in [3.8, 4) is 0 Å². The molecule has 2 nitrogen and oxygen atoms in total. The number of likely N-dealkylation sites (N-methyl/N-ethyl adjacent to an activating group) is 1. The van der Waals surface area contributed by atoms with Crippen molar-refractivity contribution in [1.29, 1.82) is 0 Å². The van der Waals surface area contributed by atoms with Crippen LogP contribution in [0.3, 0.4) is 0 Å². The smallest absolute Gasteiger partial charge is 0.0610 e. The molecule has 0 aromatic rings. The van der Waals surface area contributed by atoms with Gasteiger partial charge in [0.1, 0.15) is 0 Å². The molecule has 1 atom stereocenters. The first-order chi connectivity index (χ1) is 3.68. The molecule has 0 radical (unpaired) electrons. The van der Waals surface area contributed by atoms with E-state index in [0.717, 1.165) is 6.42 Å². The van der Waals surface area contributed by atoms with Gasteiger partial charge in [0, 0.05) is 5.54 Å². The van der Waals surface area contributed by atoms with Gasteiger partial charge in [-0.15, -0.1) is 0 Å². The first-order valence-electron chi connectivity index (χ1n) is 2.98. The Hall–Kier alpha value is -0.0800. The molecule has 2 N–H and O–H groups in total. The quantitative estimate of drug-likeness (QED) is 0.559. The maximum atomic E-state index is 8.72. The van der Waals surface area contributed by atoms with Gasteiger partial charge in [0.25, 0.3) is 0 Å². The summed E-state index contributed by atoms with van der Waals surface area (Å²) in [6.45, 7) is 4.25. The fourth-order valence-corrected chi connectivity index (χ4v) is 0.368. The molecular weight excluding hydrogens is 102 g/mol. The molecule has 0 aliphatic heterocycles. The van der Waals surface area contributed by atoms with Gasteiger partial charge in [0.05, 0.1) is 6.61 Å². The first-order valence-corrected chi connectivity index (χ1v) is 2.98. The molecule has 0 aromatic heterocycles. The molecule has 0 rings (SSSR count). The number of hydrogen-bond donors (Lipinski definition) is 2. The van der Waals surface area contributed by atoms with Gasteiger partial charge < -0.3 is 10.4 Å². The minimum atomic E-state index is -0.0694. The molecule has 0 bridgehead atoms. The van der Waals surface area contributed by atoms with Gasteiger partial charge in [-0.25, -0.2) is 0 Å². The summed E-state index contributed by atoms with van der Waals surface area (Å²) >= 11 is 0. The summed E-state index contributed by atoms with van der Waals surface area (Å²) in [4.78, 5) is 0. The fraction of sp³-hybridized carbons (Fsp3) is 1.00. The van der Waals surface area contributed by atoms with Crippen LogP contribution in [0.5, 0.6) is 0 Å². The predicted octanol–water partition coefficient (Wildman–Crippen LogP) is 0.367. The normalized spacial score (nSPS) is 18.0. The van der Waals surface area contributed by atoms with Gasteiger partial charge in [-0.2, -0.15) is 0 Å². The Kier molecular flexibility index (Phi) is 3.02. The average molecular weight is 117 g/mol. The highest BCUT2D eigenvalue weighted by atomic mass is 16.3. The number of aliphatic hydroxyl groups excluding tert-OH is 1. The van der Waals surface area contributed by atoms with E-state index in [1.54, 1.807) is 0 Å². The van der Waals surface area contributed by atoms with E-state index in [0.29, 0.717) is 0 Å². The lowest BCUT2D eigenvalue weighted by molar-refractivity contribution is 0.178. The molecule has 0 saturated heterocycles. The van der Waals surface area contributed by atoms with Gasteiger partial charge in [-0.05, 0) is 20.4 Å². The summed E-state index contributed by atoms with van der Waals surface area (Å²) in [6, 6.07) is 0. The van der Waals surface area contributed by atoms with Gasteiger partial charge >= 0.3 is 0 Å². The SMILES string of the molecule is CC[C@](C)(CO)NC. The van der Waals surface area contributed by atoms with Crippen LogP contribution >= 0.6 is 0 Å². The summed E-state index contributed by atoms with van der Waals surface area (Å²) in [5.41, 5.74) is -0.0694. The third-order valence-corrected chi connectivity index (χ3v) is 1.73. The minimum Gasteiger partial charge on any atom is -0.394 e. The molecule has 0 fully saturated rings.